The number of hydrogen-bond acceptors (Lipinski definition) is 5. The van der Waals surface area contributed by atoms with Crippen molar-refractivity contribution in [1.82, 2.24) is 20.5 Å². The van der Waals surface area contributed by atoms with E-state index in [0.29, 0.717) is 13.0 Å². The monoisotopic (exact) mass is 244 g/mol. The van der Waals surface area contributed by atoms with E-state index >= 15 is 0 Å². The third-order valence-electron chi connectivity index (χ3n) is 2.64. The second kappa shape index (κ2) is 4.50. The zero-order valence-electron chi connectivity index (χ0n) is 9.23. The van der Waals surface area contributed by atoms with Crippen LogP contribution in [0.4, 0.5) is 0 Å². The van der Waals surface area contributed by atoms with Crippen LogP contribution in [0.25, 0.3) is 0 Å². The Balaban J connectivity index is 1.99. The molecule has 1 aliphatic rings. The molecule has 1 fully saturated rings. The molecule has 0 amide bonds. The minimum atomic E-state index is -2.88. The largest absolute Gasteiger partial charge is 0.312 e. The maximum absolute atomic E-state index is 11.4. The normalized spacial score (nSPS) is 24.4. The second-order valence-corrected chi connectivity index (χ2v) is 6.25. The van der Waals surface area contributed by atoms with Crippen molar-refractivity contribution in [1.29, 1.82) is 0 Å². The van der Waals surface area contributed by atoms with Gasteiger partial charge in [-0.1, -0.05) is 6.92 Å². The minimum absolute atomic E-state index is 0.0450. The standard InChI is InChI=1S/C9H16N4O2S/c1-2-8-11-9(13-12-8)5-7-6-16(14,15)4-3-10-7/h7,10H,2-6H2,1H3,(H,11,12,13). The summed E-state index contributed by atoms with van der Waals surface area (Å²) in [5.74, 6) is 1.95. The van der Waals surface area contributed by atoms with E-state index in [2.05, 4.69) is 20.5 Å². The van der Waals surface area contributed by atoms with Crippen LogP contribution in [0, 0.1) is 0 Å². The molecule has 2 N–H and O–H groups in total. The predicted molar refractivity (Wildman–Crippen MR) is 59.9 cm³/mol. The van der Waals surface area contributed by atoms with Crippen molar-refractivity contribution in [2.45, 2.75) is 25.8 Å². The van der Waals surface area contributed by atoms with E-state index in [9.17, 15) is 8.42 Å². The first-order valence-corrected chi connectivity index (χ1v) is 7.25. The fourth-order valence-corrected chi connectivity index (χ4v) is 3.26. The topological polar surface area (TPSA) is 87.7 Å². The van der Waals surface area contributed by atoms with Gasteiger partial charge < -0.3 is 5.32 Å². The average molecular weight is 244 g/mol. The van der Waals surface area contributed by atoms with Crippen LogP contribution in [0.1, 0.15) is 18.6 Å². The van der Waals surface area contributed by atoms with Crippen LogP contribution in [0.2, 0.25) is 0 Å². The van der Waals surface area contributed by atoms with Gasteiger partial charge in [0.15, 0.2) is 9.84 Å². The van der Waals surface area contributed by atoms with Crippen LogP contribution in [-0.2, 0) is 22.7 Å². The minimum Gasteiger partial charge on any atom is -0.312 e. The van der Waals surface area contributed by atoms with Crippen molar-refractivity contribution < 1.29 is 8.42 Å². The fraction of sp³-hybridized carbons (Fsp3) is 0.778. The Hall–Kier alpha value is -0.950. The summed E-state index contributed by atoms with van der Waals surface area (Å²) in [5.41, 5.74) is 0. The van der Waals surface area contributed by atoms with Gasteiger partial charge in [-0.15, -0.1) is 0 Å². The summed E-state index contributed by atoms with van der Waals surface area (Å²) in [5, 5.41) is 10.0. The van der Waals surface area contributed by atoms with Crippen molar-refractivity contribution in [2.75, 3.05) is 18.1 Å². The molecule has 6 nitrogen and oxygen atoms in total. The molecule has 7 heteroatoms. The van der Waals surface area contributed by atoms with Crippen molar-refractivity contribution >= 4 is 9.84 Å². The van der Waals surface area contributed by atoms with Gasteiger partial charge in [-0.25, -0.2) is 13.4 Å². The molecule has 0 aliphatic carbocycles. The molecular formula is C9H16N4O2S. The highest BCUT2D eigenvalue weighted by molar-refractivity contribution is 7.91. The lowest BCUT2D eigenvalue weighted by Crippen LogP contribution is -2.46. The molecule has 0 bridgehead atoms. The third kappa shape index (κ3) is 2.79. The van der Waals surface area contributed by atoms with E-state index in [1.54, 1.807) is 0 Å². The molecule has 0 spiro atoms. The first-order valence-electron chi connectivity index (χ1n) is 5.43. The molecule has 1 unspecified atom stereocenters. The third-order valence-corrected chi connectivity index (χ3v) is 4.37. The summed E-state index contributed by atoms with van der Waals surface area (Å²) in [6.07, 6.45) is 1.37. The van der Waals surface area contributed by atoms with Crippen LogP contribution in [0.15, 0.2) is 0 Å². The number of aryl methyl sites for hydroxylation is 1. The molecule has 1 atom stereocenters. The van der Waals surface area contributed by atoms with Gasteiger partial charge in [0, 0.05) is 25.4 Å². The highest BCUT2D eigenvalue weighted by Gasteiger charge is 2.25. The summed E-state index contributed by atoms with van der Waals surface area (Å²) >= 11 is 0. The van der Waals surface area contributed by atoms with Gasteiger partial charge in [0.25, 0.3) is 0 Å². The lowest BCUT2D eigenvalue weighted by Gasteiger charge is -2.22. The van der Waals surface area contributed by atoms with Crippen LogP contribution < -0.4 is 5.32 Å². The van der Waals surface area contributed by atoms with Gasteiger partial charge >= 0.3 is 0 Å². The van der Waals surface area contributed by atoms with E-state index in [1.807, 2.05) is 6.92 Å². The van der Waals surface area contributed by atoms with Crippen molar-refractivity contribution in [3.05, 3.63) is 11.6 Å². The number of aromatic amines is 1. The molecule has 90 valence electrons. The van der Waals surface area contributed by atoms with Crippen molar-refractivity contribution in [3.8, 4) is 0 Å². The maximum atomic E-state index is 11.4. The summed E-state index contributed by atoms with van der Waals surface area (Å²) in [6.45, 7) is 2.51. The molecule has 0 saturated carbocycles. The molecule has 0 aromatic carbocycles. The number of H-pyrrole nitrogens is 1. The van der Waals surface area contributed by atoms with Gasteiger partial charge in [0.2, 0.25) is 0 Å². The molecule has 1 aromatic rings. The van der Waals surface area contributed by atoms with Crippen LogP contribution in [-0.4, -0.2) is 47.7 Å². The van der Waals surface area contributed by atoms with Crippen molar-refractivity contribution in [3.63, 3.8) is 0 Å². The number of nitrogens with one attached hydrogen (secondary N) is 2. The van der Waals surface area contributed by atoms with Gasteiger partial charge in [0.1, 0.15) is 11.6 Å². The molecule has 1 aliphatic heterocycles. The quantitative estimate of drug-likeness (QED) is 0.734. The molecular weight excluding hydrogens is 228 g/mol. The Bertz CT molecular complexity index is 454. The van der Waals surface area contributed by atoms with Crippen molar-refractivity contribution in [2.24, 2.45) is 0 Å². The molecule has 2 rings (SSSR count). The first-order chi connectivity index (χ1) is 7.59. The smallest absolute Gasteiger partial charge is 0.153 e. The fourth-order valence-electron chi connectivity index (χ4n) is 1.82. The first kappa shape index (κ1) is 11.5. The van der Waals surface area contributed by atoms with Gasteiger partial charge in [-0.2, -0.15) is 5.10 Å². The zero-order valence-corrected chi connectivity index (χ0v) is 10.0. The lowest BCUT2D eigenvalue weighted by molar-refractivity contribution is 0.509. The predicted octanol–water partition coefficient (Wildman–Crippen LogP) is -0.704. The van der Waals surface area contributed by atoms with E-state index in [1.165, 1.54) is 0 Å². The van der Waals surface area contributed by atoms with Crippen LogP contribution >= 0.6 is 0 Å². The van der Waals surface area contributed by atoms with E-state index < -0.39 is 9.84 Å². The zero-order chi connectivity index (χ0) is 11.6. The molecule has 1 aromatic heterocycles. The molecule has 2 heterocycles. The molecule has 0 radical (unpaired) electrons. The summed E-state index contributed by atoms with van der Waals surface area (Å²) in [4.78, 5) is 4.27. The maximum Gasteiger partial charge on any atom is 0.153 e. The van der Waals surface area contributed by atoms with E-state index in [4.69, 9.17) is 0 Å². The molecule has 1 saturated heterocycles. The number of sulfone groups is 1. The highest BCUT2D eigenvalue weighted by Crippen LogP contribution is 2.06. The van der Waals surface area contributed by atoms with Gasteiger partial charge in [0.05, 0.1) is 11.5 Å². The summed E-state index contributed by atoms with van der Waals surface area (Å²) in [7, 11) is -2.88. The van der Waals surface area contributed by atoms with Gasteiger partial charge in [-0.05, 0) is 0 Å². The number of aromatic nitrogens is 3. The molecule has 16 heavy (non-hydrogen) atoms. The number of rotatable bonds is 3. The van der Waals surface area contributed by atoms with Gasteiger partial charge in [-0.3, -0.25) is 5.10 Å². The summed E-state index contributed by atoms with van der Waals surface area (Å²) in [6, 6.07) is -0.0450. The summed E-state index contributed by atoms with van der Waals surface area (Å²) < 4.78 is 22.9. The van der Waals surface area contributed by atoms with E-state index in [0.717, 1.165) is 18.1 Å². The number of nitrogens with zero attached hydrogens (tertiary/aromatic N) is 2. The Labute approximate surface area is 94.8 Å². The Morgan fingerprint density at radius 1 is 1.50 bits per heavy atom. The Kier molecular flexibility index (Phi) is 3.25. The number of hydrogen-bond donors (Lipinski definition) is 2. The highest BCUT2D eigenvalue weighted by atomic mass is 32.2. The van der Waals surface area contributed by atoms with Crippen LogP contribution in [0.5, 0.6) is 0 Å². The SMILES string of the molecule is CCc1n[nH]c(CC2CS(=O)(=O)CCN2)n1. The van der Waals surface area contributed by atoms with E-state index in [-0.39, 0.29) is 17.5 Å². The Morgan fingerprint density at radius 3 is 2.94 bits per heavy atom. The Morgan fingerprint density at radius 2 is 2.31 bits per heavy atom. The second-order valence-electron chi connectivity index (χ2n) is 4.02. The average Bonchev–Trinajstić information content (AvgIpc) is 2.64. The van der Waals surface area contributed by atoms with Crippen LogP contribution in [0.3, 0.4) is 0 Å². The lowest BCUT2D eigenvalue weighted by atomic mass is 10.2.